The molecule has 0 fully saturated rings. The topological polar surface area (TPSA) is 99.7 Å². The van der Waals surface area contributed by atoms with Crippen LogP contribution in [0.2, 0.25) is 0 Å². The Morgan fingerprint density at radius 2 is 2.06 bits per heavy atom. The molecular formula is C11H14ClN5O. The predicted octanol–water partition coefficient (Wildman–Crippen LogP) is 2.06. The Hall–Kier alpha value is -1.92. The first kappa shape index (κ1) is 14.1. The van der Waals surface area contributed by atoms with Gasteiger partial charge in [-0.15, -0.1) is 12.4 Å². The van der Waals surface area contributed by atoms with Crippen LogP contribution in [0.25, 0.3) is 0 Å². The number of aromatic amines is 1. The SMILES string of the molecule is Cl.Nc1[nH]ncc1CC(O)N=Nc1ccccc1. The van der Waals surface area contributed by atoms with Crippen LogP contribution in [-0.2, 0) is 6.42 Å². The number of nitrogens with zero attached hydrogens (tertiary/aromatic N) is 3. The average Bonchev–Trinajstić information content (AvgIpc) is 2.74. The summed E-state index contributed by atoms with van der Waals surface area (Å²) in [5, 5.41) is 23.7. The first-order valence-corrected chi connectivity index (χ1v) is 5.17. The number of benzene rings is 1. The zero-order chi connectivity index (χ0) is 12.1. The van der Waals surface area contributed by atoms with Crippen molar-refractivity contribution in [3.05, 3.63) is 42.1 Å². The lowest BCUT2D eigenvalue weighted by Gasteiger charge is -2.02. The molecule has 2 aromatic rings. The largest absolute Gasteiger partial charge is 0.384 e. The highest BCUT2D eigenvalue weighted by Crippen LogP contribution is 2.13. The number of nitrogens with one attached hydrogen (secondary N) is 1. The molecule has 0 aliphatic heterocycles. The van der Waals surface area contributed by atoms with E-state index in [1.807, 2.05) is 30.3 Å². The number of aliphatic hydroxyl groups is 1. The fourth-order valence-electron chi connectivity index (χ4n) is 1.35. The van der Waals surface area contributed by atoms with Crippen molar-refractivity contribution in [2.45, 2.75) is 12.6 Å². The van der Waals surface area contributed by atoms with Crippen molar-refractivity contribution in [2.24, 2.45) is 10.2 Å². The van der Waals surface area contributed by atoms with Crippen molar-refractivity contribution in [2.75, 3.05) is 5.73 Å². The van der Waals surface area contributed by atoms with Crippen LogP contribution in [0.1, 0.15) is 5.56 Å². The van der Waals surface area contributed by atoms with Gasteiger partial charge in [-0.3, -0.25) is 5.10 Å². The summed E-state index contributed by atoms with van der Waals surface area (Å²) >= 11 is 0. The van der Waals surface area contributed by atoms with Crippen molar-refractivity contribution in [3.63, 3.8) is 0 Å². The number of aliphatic hydroxyl groups excluding tert-OH is 1. The van der Waals surface area contributed by atoms with Gasteiger partial charge in [0.2, 0.25) is 0 Å². The molecule has 18 heavy (non-hydrogen) atoms. The molecule has 1 aromatic carbocycles. The summed E-state index contributed by atoms with van der Waals surface area (Å²) in [5.41, 5.74) is 7.02. The second-order valence-corrected chi connectivity index (χ2v) is 3.54. The summed E-state index contributed by atoms with van der Waals surface area (Å²) in [6, 6.07) is 9.22. The monoisotopic (exact) mass is 267 g/mol. The van der Waals surface area contributed by atoms with Crippen molar-refractivity contribution < 1.29 is 5.11 Å². The lowest BCUT2D eigenvalue weighted by atomic mass is 10.2. The molecule has 6 nitrogen and oxygen atoms in total. The average molecular weight is 268 g/mol. The molecule has 1 unspecified atom stereocenters. The second kappa shape index (κ2) is 6.73. The van der Waals surface area contributed by atoms with Gasteiger partial charge < -0.3 is 10.8 Å². The number of aromatic nitrogens is 2. The molecule has 96 valence electrons. The third kappa shape index (κ3) is 3.83. The second-order valence-electron chi connectivity index (χ2n) is 3.54. The molecule has 1 aromatic heterocycles. The molecule has 1 atom stereocenters. The number of hydrogen-bond donors (Lipinski definition) is 3. The van der Waals surface area contributed by atoms with E-state index in [4.69, 9.17) is 5.73 Å². The van der Waals surface area contributed by atoms with Crippen LogP contribution in [0.3, 0.4) is 0 Å². The van der Waals surface area contributed by atoms with Gasteiger partial charge in [-0.2, -0.15) is 15.3 Å². The van der Waals surface area contributed by atoms with E-state index in [0.29, 0.717) is 17.9 Å². The number of hydrogen-bond acceptors (Lipinski definition) is 5. The Labute approximate surface area is 110 Å². The summed E-state index contributed by atoms with van der Waals surface area (Å²) < 4.78 is 0. The smallest absolute Gasteiger partial charge is 0.170 e. The van der Waals surface area contributed by atoms with Gasteiger partial charge in [0.15, 0.2) is 6.23 Å². The number of H-pyrrole nitrogens is 1. The highest BCUT2D eigenvalue weighted by molar-refractivity contribution is 5.85. The van der Waals surface area contributed by atoms with E-state index in [-0.39, 0.29) is 12.4 Å². The fourth-order valence-corrected chi connectivity index (χ4v) is 1.35. The number of nitrogens with two attached hydrogens (primary N) is 1. The van der Waals surface area contributed by atoms with Gasteiger partial charge in [-0.1, -0.05) is 18.2 Å². The highest BCUT2D eigenvalue weighted by Gasteiger charge is 2.07. The van der Waals surface area contributed by atoms with Gasteiger partial charge in [0.1, 0.15) is 5.82 Å². The molecule has 4 N–H and O–H groups in total. The molecule has 2 rings (SSSR count). The molecule has 0 aliphatic rings. The van der Waals surface area contributed by atoms with Crippen LogP contribution < -0.4 is 5.73 Å². The van der Waals surface area contributed by atoms with Gasteiger partial charge in [0.25, 0.3) is 0 Å². The minimum absolute atomic E-state index is 0. The number of nitrogen functional groups attached to an aromatic ring is 1. The number of azo groups is 1. The van der Waals surface area contributed by atoms with Gasteiger partial charge in [-0.25, -0.2) is 0 Å². The molecule has 0 aliphatic carbocycles. The van der Waals surface area contributed by atoms with Crippen molar-refractivity contribution >= 4 is 23.9 Å². The third-order valence-electron chi connectivity index (χ3n) is 2.22. The summed E-state index contributed by atoms with van der Waals surface area (Å²) in [6.07, 6.45) is 0.935. The first-order valence-electron chi connectivity index (χ1n) is 5.17. The Bertz CT molecular complexity index is 499. The Morgan fingerprint density at radius 1 is 1.33 bits per heavy atom. The van der Waals surface area contributed by atoms with Crippen molar-refractivity contribution in [1.29, 1.82) is 0 Å². The van der Waals surface area contributed by atoms with Crippen LogP contribution in [-0.4, -0.2) is 21.5 Å². The maximum atomic E-state index is 9.65. The first-order chi connectivity index (χ1) is 8.25. The highest BCUT2D eigenvalue weighted by atomic mass is 35.5. The summed E-state index contributed by atoms with van der Waals surface area (Å²) in [7, 11) is 0. The molecule has 0 saturated carbocycles. The number of anilines is 1. The Morgan fingerprint density at radius 3 is 2.67 bits per heavy atom. The van der Waals surface area contributed by atoms with Crippen molar-refractivity contribution in [1.82, 2.24) is 10.2 Å². The Kier molecular flexibility index (Phi) is 5.29. The van der Waals surface area contributed by atoms with Crippen LogP contribution in [0.15, 0.2) is 46.8 Å². The van der Waals surface area contributed by atoms with Gasteiger partial charge >= 0.3 is 0 Å². The maximum Gasteiger partial charge on any atom is 0.170 e. The van der Waals surface area contributed by atoms with Crippen LogP contribution in [0, 0.1) is 0 Å². The quantitative estimate of drug-likeness (QED) is 0.739. The zero-order valence-corrected chi connectivity index (χ0v) is 10.3. The van der Waals surface area contributed by atoms with Gasteiger partial charge in [0, 0.05) is 12.0 Å². The molecule has 0 amide bonds. The van der Waals surface area contributed by atoms with E-state index >= 15 is 0 Å². The van der Waals surface area contributed by atoms with E-state index in [9.17, 15) is 5.11 Å². The minimum Gasteiger partial charge on any atom is -0.384 e. The van der Waals surface area contributed by atoms with Gasteiger partial charge in [0.05, 0.1) is 11.9 Å². The van der Waals surface area contributed by atoms with E-state index in [2.05, 4.69) is 20.4 Å². The molecule has 0 bridgehead atoms. The maximum absolute atomic E-state index is 9.65. The van der Waals surface area contributed by atoms with Crippen LogP contribution in [0.5, 0.6) is 0 Å². The normalized spacial score (nSPS) is 12.3. The number of rotatable bonds is 4. The van der Waals surface area contributed by atoms with Crippen LogP contribution >= 0.6 is 12.4 Å². The van der Waals surface area contributed by atoms with Crippen molar-refractivity contribution in [3.8, 4) is 0 Å². The lowest BCUT2D eigenvalue weighted by Crippen LogP contribution is -2.07. The van der Waals surface area contributed by atoms with E-state index < -0.39 is 6.23 Å². The van der Waals surface area contributed by atoms with Crippen LogP contribution in [0.4, 0.5) is 11.5 Å². The lowest BCUT2D eigenvalue weighted by molar-refractivity contribution is 0.177. The molecular weight excluding hydrogens is 254 g/mol. The van der Waals surface area contributed by atoms with E-state index in [1.54, 1.807) is 6.20 Å². The molecule has 7 heteroatoms. The third-order valence-corrected chi connectivity index (χ3v) is 2.22. The predicted molar refractivity (Wildman–Crippen MR) is 70.9 cm³/mol. The van der Waals surface area contributed by atoms with Gasteiger partial charge in [-0.05, 0) is 12.1 Å². The summed E-state index contributed by atoms with van der Waals surface area (Å²) in [5.74, 6) is 0.443. The molecule has 0 radical (unpaired) electrons. The fraction of sp³-hybridized carbons (Fsp3) is 0.182. The molecule has 1 heterocycles. The standard InChI is InChI=1S/C11H13N5O.ClH/c12-11-8(7-13-16-11)6-10(17)15-14-9-4-2-1-3-5-9;/h1-5,7,10,17H,6H2,(H3,12,13,16);1H. The molecule has 0 saturated heterocycles. The minimum atomic E-state index is -0.921. The molecule has 0 spiro atoms. The summed E-state index contributed by atoms with van der Waals surface area (Å²) in [6.45, 7) is 0. The summed E-state index contributed by atoms with van der Waals surface area (Å²) in [4.78, 5) is 0. The zero-order valence-electron chi connectivity index (χ0n) is 9.52. The number of halogens is 1. The van der Waals surface area contributed by atoms with E-state index in [1.165, 1.54) is 0 Å². The van der Waals surface area contributed by atoms with E-state index in [0.717, 1.165) is 5.56 Å². The Balaban J connectivity index is 0.00000162.